The molecule has 2 aromatic heterocycles. The number of hydrogen-bond acceptors (Lipinski definition) is 2. The maximum atomic E-state index is 6.28. The third kappa shape index (κ3) is 4.03. The first-order chi connectivity index (χ1) is 15.5. The molecule has 2 saturated heterocycles. The number of hydrogen-bond donors (Lipinski definition) is 0. The van der Waals surface area contributed by atoms with Gasteiger partial charge in [-0.15, -0.1) is 0 Å². The third-order valence-electron chi connectivity index (χ3n) is 6.41. The van der Waals surface area contributed by atoms with Crippen molar-refractivity contribution in [2.75, 3.05) is 36.0 Å². The van der Waals surface area contributed by atoms with Crippen molar-refractivity contribution in [3.63, 3.8) is 0 Å². The second-order valence-electron chi connectivity index (χ2n) is 8.28. The Hall–Kier alpha value is -1.72. The Labute approximate surface area is 208 Å². The van der Waals surface area contributed by atoms with Gasteiger partial charge in [-0.1, -0.05) is 46.4 Å². The van der Waals surface area contributed by atoms with Crippen LogP contribution in [0.2, 0.25) is 0 Å². The summed E-state index contributed by atoms with van der Waals surface area (Å²) in [4.78, 5) is 4.80. The van der Waals surface area contributed by atoms with E-state index >= 15 is 0 Å². The first-order valence-corrected chi connectivity index (χ1v) is 12.4. The highest BCUT2D eigenvalue weighted by molar-refractivity contribution is 6.60. The molecule has 0 bridgehead atoms. The Morgan fingerprint density at radius 3 is 1.16 bits per heavy atom. The summed E-state index contributed by atoms with van der Waals surface area (Å²) in [6.07, 6.45) is 13.1. The van der Waals surface area contributed by atoms with Crippen molar-refractivity contribution in [2.45, 2.75) is 25.7 Å². The topological polar surface area (TPSA) is 14.2 Å². The molecule has 0 N–H and O–H groups in total. The predicted molar refractivity (Wildman–Crippen MR) is 133 cm³/mol. The number of aromatic nitrogens is 2. The van der Waals surface area contributed by atoms with Crippen LogP contribution in [0.25, 0.3) is 11.4 Å². The van der Waals surface area contributed by atoms with Gasteiger partial charge in [-0.05, 0) is 25.7 Å². The van der Waals surface area contributed by atoms with Crippen LogP contribution in [0.5, 0.6) is 0 Å². The molecule has 0 radical (unpaired) electrons. The van der Waals surface area contributed by atoms with Gasteiger partial charge in [0.15, 0.2) is 24.8 Å². The van der Waals surface area contributed by atoms with Crippen LogP contribution in [0, 0.1) is 0 Å². The average Bonchev–Trinajstić information content (AvgIpc) is 3.48. The minimum absolute atomic E-state index is 0.142. The molecule has 166 valence electrons. The quantitative estimate of drug-likeness (QED) is 0.492. The number of allylic oxidation sites excluding steroid dienone is 4. The minimum Gasteiger partial charge on any atom is -0.371 e. The summed E-state index contributed by atoms with van der Waals surface area (Å²) in [5, 5.41) is 0. The van der Waals surface area contributed by atoms with Crippen molar-refractivity contribution < 1.29 is 9.13 Å². The van der Waals surface area contributed by atoms with E-state index < -0.39 is 0 Å². The maximum Gasteiger partial charge on any atom is 0.294 e. The zero-order valence-electron chi connectivity index (χ0n) is 17.6. The van der Waals surface area contributed by atoms with E-state index in [4.69, 9.17) is 46.4 Å². The number of nitrogens with zero attached hydrogens (tertiary/aromatic N) is 4. The summed E-state index contributed by atoms with van der Waals surface area (Å²) in [5.41, 5.74) is 5.47. The molecule has 8 heteroatoms. The van der Waals surface area contributed by atoms with Crippen LogP contribution in [-0.2, 0) is 0 Å². The van der Waals surface area contributed by atoms with Gasteiger partial charge < -0.3 is 9.80 Å². The maximum absolute atomic E-state index is 6.28. The van der Waals surface area contributed by atoms with E-state index in [1.165, 1.54) is 37.1 Å². The van der Waals surface area contributed by atoms with Crippen LogP contribution in [0.3, 0.4) is 0 Å². The Balaban J connectivity index is 1.57. The molecule has 5 rings (SSSR count). The van der Waals surface area contributed by atoms with E-state index in [2.05, 4.69) is 34.1 Å². The van der Waals surface area contributed by atoms with Crippen LogP contribution in [0.1, 0.15) is 25.7 Å². The van der Waals surface area contributed by atoms with Crippen molar-refractivity contribution in [1.82, 2.24) is 0 Å². The van der Waals surface area contributed by atoms with Crippen LogP contribution in [-0.4, -0.2) is 26.2 Å². The van der Waals surface area contributed by atoms with Crippen molar-refractivity contribution in [2.24, 2.45) is 0 Å². The van der Waals surface area contributed by atoms with Gasteiger partial charge in [-0.25, -0.2) is 0 Å². The molecule has 2 aliphatic heterocycles. The molecule has 1 aliphatic carbocycles. The second kappa shape index (κ2) is 9.26. The zero-order chi connectivity index (χ0) is 22.2. The van der Waals surface area contributed by atoms with Crippen LogP contribution in [0.15, 0.2) is 69.2 Å². The molecule has 0 aromatic carbocycles. The lowest BCUT2D eigenvalue weighted by Gasteiger charge is -2.22. The number of pyridine rings is 2. The summed E-state index contributed by atoms with van der Waals surface area (Å²) in [6, 6.07) is 8.50. The van der Waals surface area contributed by atoms with Crippen molar-refractivity contribution in [3.8, 4) is 0 Å². The Morgan fingerprint density at radius 1 is 0.562 bits per heavy atom. The molecule has 2 fully saturated rings. The van der Waals surface area contributed by atoms with E-state index in [9.17, 15) is 0 Å². The van der Waals surface area contributed by atoms with E-state index in [1.54, 1.807) is 0 Å². The lowest BCUT2D eigenvalue weighted by Crippen LogP contribution is -2.47. The minimum atomic E-state index is 0.142. The molecule has 0 amide bonds. The fraction of sp³-hybridized carbons (Fsp3) is 0.333. The molecule has 0 saturated carbocycles. The molecule has 0 unspecified atom stereocenters. The van der Waals surface area contributed by atoms with Gasteiger partial charge in [-0.2, -0.15) is 9.13 Å². The molecule has 32 heavy (non-hydrogen) atoms. The van der Waals surface area contributed by atoms with Gasteiger partial charge >= 0.3 is 0 Å². The number of anilines is 2. The smallest absolute Gasteiger partial charge is 0.294 e. The third-order valence-corrected chi connectivity index (χ3v) is 7.16. The highest BCUT2D eigenvalue weighted by Gasteiger charge is 2.48. The van der Waals surface area contributed by atoms with E-state index in [-0.39, 0.29) is 8.98 Å². The standard InChI is InChI=1S/C24H24Cl4N4/c25-23(26)19-20(24(27)28)22(32-15-7-18(8-16-32)30-11-3-4-12-30)21(19)31-13-5-17(6-14-31)29-9-1-2-10-29/h5-8,13-16H,1-4,9-12H2/q+2. The van der Waals surface area contributed by atoms with Crippen LogP contribution in [0.4, 0.5) is 11.4 Å². The van der Waals surface area contributed by atoms with Gasteiger partial charge in [0.25, 0.3) is 11.4 Å². The van der Waals surface area contributed by atoms with Gasteiger partial charge in [0.2, 0.25) is 0 Å². The largest absolute Gasteiger partial charge is 0.371 e. The molecule has 0 spiro atoms. The SMILES string of the molecule is ClC(Cl)=C1C(=C(Cl)Cl)C([n+]2ccc(N3CCCC3)cc2)=C1[n+]1ccc(N2CCCC2)cc1. The first kappa shape index (κ1) is 22.1. The van der Waals surface area contributed by atoms with Crippen molar-refractivity contribution in [1.29, 1.82) is 0 Å². The van der Waals surface area contributed by atoms with Gasteiger partial charge in [0, 0.05) is 61.8 Å². The lowest BCUT2D eigenvalue weighted by molar-refractivity contribution is -0.611. The lowest BCUT2D eigenvalue weighted by atomic mass is 9.88. The van der Waals surface area contributed by atoms with E-state index in [0.29, 0.717) is 11.1 Å². The monoisotopic (exact) mass is 508 g/mol. The van der Waals surface area contributed by atoms with Crippen molar-refractivity contribution in [3.05, 3.63) is 69.2 Å². The van der Waals surface area contributed by atoms with Gasteiger partial charge in [0.1, 0.15) is 20.1 Å². The summed E-state index contributed by atoms with van der Waals surface area (Å²) in [6.45, 7) is 4.41. The fourth-order valence-electron chi connectivity index (χ4n) is 4.79. The molecule has 4 heterocycles. The Kier molecular flexibility index (Phi) is 6.39. The molecular weight excluding hydrogens is 486 g/mol. The Bertz CT molecular complexity index is 1010. The fourth-order valence-corrected chi connectivity index (χ4v) is 5.53. The second-order valence-corrected chi connectivity index (χ2v) is 10.2. The molecular formula is C24H24Cl4N4+2. The highest BCUT2D eigenvalue weighted by atomic mass is 35.5. The van der Waals surface area contributed by atoms with E-state index in [1.807, 2.05) is 33.9 Å². The van der Waals surface area contributed by atoms with Gasteiger partial charge in [0.05, 0.1) is 0 Å². The summed E-state index contributed by atoms with van der Waals surface area (Å²) < 4.78 is 4.33. The van der Waals surface area contributed by atoms with Crippen LogP contribution < -0.4 is 18.9 Å². The molecule has 3 aliphatic rings. The van der Waals surface area contributed by atoms with Crippen LogP contribution >= 0.6 is 46.4 Å². The normalized spacial score (nSPS) is 18.5. The summed E-state index contributed by atoms with van der Waals surface area (Å²) >= 11 is 25.1. The predicted octanol–water partition coefficient (Wildman–Crippen LogP) is 5.68. The van der Waals surface area contributed by atoms with Gasteiger partial charge in [-0.3, -0.25) is 0 Å². The number of halogens is 4. The molecule has 0 atom stereocenters. The van der Waals surface area contributed by atoms with E-state index in [0.717, 1.165) is 37.6 Å². The Morgan fingerprint density at radius 2 is 0.875 bits per heavy atom. The number of rotatable bonds is 4. The molecule has 2 aromatic rings. The summed E-state index contributed by atoms with van der Waals surface area (Å²) in [7, 11) is 0. The van der Waals surface area contributed by atoms with Crippen molar-refractivity contribution >= 4 is 69.2 Å². The average molecular weight is 510 g/mol. The highest BCUT2D eigenvalue weighted by Crippen LogP contribution is 2.47. The zero-order valence-corrected chi connectivity index (χ0v) is 20.6. The first-order valence-electron chi connectivity index (χ1n) is 10.9. The molecule has 4 nitrogen and oxygen atoms in total. The summed E-state index contributed by atoms with van der Waals surface area (Å²) in [5.74, 6) is 0.